The molecule has 0 saturated heterocycles. The van der Waals surface area contributed by atoms with Gasteiger partial charge in [-0.2, -0.15) is 4.98 Å². The van der Waals surface area contributed by atoms with Gasteiger partial charge in [0.15, 0.2) is 5.82 Å². The number of fused-ring (bicyclic) bond motifs is 1. The first-order valence-corrected chi connectivity index (χ1v) is 12.7. The third kappa shape index (κ3) is 6.91. The number of benzene rings is 1. The maximum absolute atomic E-state index is 11.8. The maximum Gasteiger partial charge on any atom is 0.311 e. The second-order valence-corrected chi connectivity index (χ2v) is 10.6. The molecule has 3 N–H and O–H groups in total. The summed E-state index contributed by atoms with van der Waals surface area (Å²) in [5.41, 5.74) is 10.7. The molecule has 0 saturated carbocycles. The summed E-state index contributed by atoms with van der Waals surface area (Å²) in [6, 6.07) is 12.6. The van der Waals surface area contributed by atoms with Gasteiger partial charge in [0.05, 0.1) is 38.2 Å². The molecule has 0 fully saturated rings. The van der Waals surface area contributed by atoms with Crippen LogP contribution in [0.5, 0.6) is 0 Å². The molecule has 0 aliphatic carbocycles. The van der Waals surface area contributed by atoms with Crippen molar-refractivity contribution < 1.29 is 14.0 Å². The molecule has 0 bridgehead atoms. The van der Waals surface area contributed by atoms with Gasteiger partial charge in [0.2, 0.25) is 5.95 Å². The number of esters is 1. The van der Waals surface area contributed by atoms with E-state index < -0.39 is 0 Å². The molecular weight excluding hydrogens is 452 g/mol. The molecule has 0 radical (unpaired) electrons. The minimum Gasteiger partial charge on any atom is -0.469 e. The van der Waals surface area contributed by atoms with E-state index in [2.05, 4.69) is 74.3 Å². The fraction of sp³-hybridized carbons (Fsp3) is 0.500. The van der Waals surface area contributed by atoms with Crippen LogP contribution in [-0.2, 0) is 22.5 Å². The van der Waals surface area contributed by atoms with Crippen molar-refractivity contribution in [3.8, 4) is 0 Å². The summed E-state index contributed by atoms with van der Waals surface area (Å²) in [4.78, 5) is 25.4. The van der Waals surface area contributed by atoms with Gasteiger partial charge >= 0.3 is 5.97 Å². The Hall–Kier alpha value is -3.26. The Morgan fingerprint density at radius 2 is 1.75 bits per heavy atom. The fourth-order valence-corrected chi connectivity index (χ4v) is 4.14. The number of hydrogen-bond acceptors (Lipinski definition) is 7. The Balaban J connectivity index is 1.76. The molecule has 1 aromatic carbocycles. The van der Waals surface area contributed by atoms with Crippen LogP contribution in [0.3, 0.4) is 0 Å². The van der Waals surface area contributed by atoms with Crippen molar-refractivity contribution in [3.63, 3.8) is 0 Å². The van der Waals surface area contributed by atoms with Gasteiger partial charge in [-0.05, 0) is 44.9 Å². The van der Waals surface area contributed by atoms with Crippen LogP contribution in [0.4, 0.5) is 11.8 Å². The van der Waals surface area contributed by atoms with Gasteiger partial charge in [0.25, 0.3) is 0 Å². The van der Waals surface area contributed by atoms with Crippen molar-refractivity contribution >= 4 is 28.8 Å². The summed E-state index contributed by atoms with van der Waals surface area (Å²) in [7, 11) is 3.65. The molecule has 8 heteroatoms. The number of nitrogens with zero attached hydrogens (tertiary/aromatic N) is 4. The molecule has 1 unspecified atom stereocenters. The Labute approximate surface area is 214 Å². The number of hydrogen-bond donors (Lipinski definition) is 2. The molecule has 0 spiro atoms. The lowest BCUT2D eigenvalue weighted by molar-refractivity contribution is -0.965. The molecule has 2 aromatic heterocycles. The summed E-state index contributed by atoms with van der Waals surface area (Å²) < 4.78 is 5.61. The Bertz CT molecular complexity index is 1170. The Kier molecular flexibility index (Phi) is 8.84. The van der Waals surface area contributed by atoms with Crippen molar-refractivity contribution in [2.75, 3.05) is 38.3 Å². The van der Waals surface area contributed by atoms with Crippen LogP contribution < -0.4 is 11.1 Å². The monoisotopic (exact) mass is 493 g/mol. The number of rotatable bonds is 11. The predicted octanol–water partition coefficient (Wildman–Crippen LogP) is 4.72. The van der Waals surface area contributed by atoms with E-state index >= 15 is 0 Å². The summed E-state index contributed by atoms with van der Waals surface area (Å²) in [6.07, 6.45) is 3.26. The number of nitrogen functional groups attached to an aromatic ring is 1. The minimum atomic E-state index is -0.168. The van der Waals surface area contributed by atoms with Crippen molar-refractivity contribution in [3.05, 3.63) is 53.2 Å². The highest BCUT2D eigenvalue weighted by Crippen LogP contribution is 2.27. The van der Waals surface area contributed by atoms with Crippen LogP contribution >= 0.6 is 0 Å². The quantitative estimate of drug-likeness (QED) is 0.226. The van der Waals surface area contributed by atoms with Gasteiger partial charge in [-0.15, -0.1) is 0 Å². The number of aromatic nitrogens is 3. The number of carbonyl (C=O) groups is 1. The van der Waals surface area contributed by atoms with E-state index in [9.17, 15) is 4.79 Å². The Morgan fingerprint density at radius 1 is 1.06 bits per heavy atom. The number of methoxy groups -OCH3 is 1. The van der Waals surface area contributed by atoms with Crippen LogP contribution in [0, 0.1) is 0 Å². The number of carbonyl (C=O) groups excluding carboxylic acids is 1. The van der Waals surface area contributed by atoms with Crippen LogP contribution in [0.25, 0.3) is 11.0 Å². The lowest BCUT2D eigenvalue weighted by Crippen LogP contribution is -2.57. The predicted molar refractivity (Wildman–Crippen MR) is 146 cm³/mol. The third-order valence-electron chi connectivity index (χ3n) is 7.04. The van der Waals surface area contributed by atoms with E-state index in [0.717, 1.165) is 53.7 Å². The van der Waals surface area contributed by atoms with Crippen molar-refractivity contribution in [2.24, 2.45) is 0 Å². The van der Waals surface area contributed by atoms with Crippen LogP contribution in [-0.4, -0.2) is 58.2 Å². The topological polar surface area (TPSA) is 103 Å². The molecule has 3 rings (SSSR count). The summed E-state index contributed by atoms with van der Waals surface area (Å²) in [6.45, 7) is 11.2. The summed E-state index contributed by atoms with van der Waals surface area (Å²) >= 11 is 0. The van der Waals surface area contributed by atoms with E-state index in [0.29, 0.717) is 18.7 Å². The molecule has 2 heterocycles. The smallest absolute Gasteiger partial charge is 0.311 e. The fourth-order valence-electron chi connectivity index (χ4n) is 4.14. The van der Waals surface area contributed by atoms with E-state index in [1.807, 2.05) is 12.1 Å². The summed E-state index contributed by atoms with van der Waals surface area (Å²) in [5, 5.41) is 3.36. The van der Waals surface area contributed by atoms with E-state index in [4.69, 9.17) is 15.5 Å². The number of ether oxygens (including phenoxy) is 1. The van der Waals surface area contributed by atoms with Gasteiger partial charge in [-0.1, -0.05) is 37.6 Å². The number of anilines is 2. The lowest BCUT2D eigenvalue weighted by Gasteiger charge is -2.46. The minimum absolute atomic E-state index is 0.0178. The number of quaternary nitrogens is 1. The van der Waals surface area contributed by atoms with Crippen LogP contribution in [0.2, 0.25) is 0 Å². The van der Waals surface area contributed by atoms with Crippen molar-refractivity contribution in [2.45, 2.75) is 65.5 Å². The first-order chi connectivity index (χ1) is 17.0. The molecule has 194 valence electrons. The second kappa shape index (κ2) is 11.6. The lowest BCUT2D eigenvalue weighted by atomic mass is 9.99. The summed E-state index contributed by atoms with van der Waals surface area (Å²) in [5.74, 6) is 0.770. The molecule has 0 aliphatic heterocycles. The van der Waals surface area contributed by atoms with Gasteiger partial charge in [-0.25, -0.2) is 9.97 Å². The highest BCUT2D eigenvalue weighted by molar-refractivity contribution is 5.86. The van der Waals surface area contributed by atoms with Crippen molar-refractivity contribution in [1.82, 2.24) is 15.0 Å². The number of nitrogens with two attached hydrogens (primary N) is 1. The molecule has 0 amide bonds. The zero-order chi connectivity index (χ0) is 26.3. The van der Waals surface area contributed by atoms with Crippen LogP contribution in [0.15, 0.2) is 36.4 Å². The first-order valence-electron chi connectivity index (χ1n) is 12.7. The standard InChI is InChI=1S/C28H41N6O2/c1-7-8-16-30-26-25-23(32-27(29)33-26)14-13-22(31-25)18-20-9-11-21(12-10-20)19-34(5,28(2,3)4)17-15-24(35)36-6/h9-14H,7-8,15-19H2,1-6H3,(H3,29,30,32,33)/q+1. The third-order valence-corrected chi connectivity index (χ3v) is 7.04. The van der Waals surface area contributed by atoms with Gasteiger partial charge in [0.1, 0.15) is 12.1 Å². The van der Waals surface area contributed by atoms with Gasteiger partial charge in [0, 0.05) is 24.2 Å². The van der Waals surface area contributed by atoms with E-state index in [-0.39, 0.29) is 17.5 Å². The normalized spacial score (nSPS) is 13.4. The number of unbranched alkanes of at least 4 members (excludes halogenated alkanes) is 1. The van der Waals surface area contributed by atoms with Gasteiger partial charge < -0.3 is 20.3 Å². The second-order valence-electron chi connectivity index (χ2n) is 10.6. The molecule has 3 aromatic rings. The molecular formula is C28H41N6O2+. The number of nitrogens with one attached hydrogen (secondary N) is 1. The Morgan fingerprint density at radius 3 is 2.39 bits per heavy atom. The largest absolute Gasteiger partial charge is 0.469 e. The van der Waals surface area contributed by atoms with Gasteiger partial charge in [-0.3, -0.25) is 4.79 Å². The molecule has 8 nitrogen and oxygen atoms in total. The molecule has 0 aliphatic rings. The van der Waals surface area contributed by atoms with E-state index in [1.165, 1.54) is 18.2 Å². The molecule has 36 heavy (non-hydrogen) atoms. The highest BCUT2D eigenvalue weighted by Gasteiger charge is 2.36. The highest BCUT2D eigenvalue weighted by atomic mass is 16.5. The zero-order valence-electron chi connectivity index (χ0n) is 22.6. The maximum atomic E-state index is 11.8. The average molecular weight is 494 g/mol. The SMILES string of the molecule is CCCCNc1nc(N)nc2ccc(Cc3ccc(C[N+](C)(CCC(=O)OC)C(C)(C)C)cc3)nc12. The number of pyridine rings is 1. The molecule has 1 atom stereocenters. The van der Waals surface area contributed by atoms with Crippen molar-refractivity contribution in [1.29, 1.82) is 0 Å². The zero-order valence-corrected chi connectivity index (χ0v) is 22.6. The average Bonchev–Trinajstić information content (AvgIpc) is 2.83. The van der Waals surface area contributed by atoms with E-state index in [1.54, 1.807) is 0 Å². The van der Waals surface area contributed by atoms with Crippen LogP contribution in [0.1, 0.15) is 63.8 Å². The first kappa shape index (κ1) is 27.3.